The molecule has 0 atom stereocenters. The molecule has 5 nitrogen and oxygen atoms in total. The number of para-hydroxylation sites is 1. The van der Waals surface area contributed by atoms with Crippen LogP contribution in [0.15, 0.2) is 39.5 Å². The second-order valence-corrected chi connectivity index (χ2v) is 3.08. The average Bonchev–Trinajstić information content (AvgIpc) is 2.28. The summed E-state index contributed by atoms with van der Waals surface area (Å²) in [7, 11) is 0. The first-order chi connectivity index (χ1) is 7.72. The number of hydrogen-bond donors (Lipinski definition) is 1. The number of carbonyl (C=O) groups is 2. The number of carbonyl (C=O) groups excluding carboxylic acids is 2. The van der Waals surface area contributed by atoms with Gasteiger partial charge in [0.1, 0.15) is 11.1 Å². The van der Waals surface area contributed by atoms with E-state index in [1.165, 1.54) is 6.07 Å². The maximum Gasteiger partial charge on any atom is 0.349 e. The van der Waals surface area contributed by atoms with Gasteiger partial charge in [0.15, 0.2) is 0 Å². The van der Waals surface area contributed by atoms with Crippen LogP contribution in [0.2, 0.25) is 0 Å². The maximum atomic E-state index is 11.4. The van der Waals surface area contributed by atoms with E-state index in [1.54, 1.807) is 24.3 Å². The molecule has 2 rings (SSSR count). The number of benzene rings is 1. The third-order valence-electron chi connectivity index (χ3n) is 2.08. The van der Waals surface area contributed by atoms with Crippen molar-refractivity contribution in [2.45, 2.75) is 0 Å². The number of hydrogen-bond acceptors (Lipinski definition) is 4. The van der Waals surface area contributed by atoms with Gasteiger partial charge in [-0.25, -0.2) is 4.79 Å². The molecule has 0 aliphatic carbocycles. The van der Waals surface area contributed by atoms with E-state index in [0.29, 0.717) is 11.0 Å². The lowest BCUT2D eigenvalue weighted by Crippen LogP contribution is -2.26. The standard InChI is InChI=1S/C11H7NO4/c13-6-12-10(14)8-5-7-3-1-2-4-9(7)16-11(8)15/h1-6H,(H,12,13,14). The minimum absolute atomic E-state index is 0.189. The van der Waals surface area contributed by atoms with Gasteiger partial charge in [-0.1, -0.05) is 18.2 Å². The highest BCUT2D eigenvalue weighted by atomic mass is 16.4. The normalized spacial score (nSPS) is 10.0. The predicted molar refractivity (Wildman–Crippen MR) is 56.0 cm³/mol. The minimum Gasteiger partial charge on any atom is -0.422 e. The van der Waals surface area contributed by atoms with Gasteiger partial charge in [-0.05, 0) is 12.1 Å². The molecule has 2 amide bonds. The van der Waals surface area contributed by atoms with Crippen molar-refractivity contribution in [1.82, 2.24) is 5.32 Å². The van der Waals surface area contributed by atoms with E-state index in [0.717, 1.165) is 0 Å². The highest BCUT2D eigenvalue weighted by molar-refractivity contribution is 6.01. The van der Waals surface area contributed by atoms with E-state index >= 15 is 0 Å². The molecule has 0 aliphatic heterocycles. The molecule has 0 spiro atoms. The fraction of sp³-hybridized carbons (Fsp3) is 0. The summed E-state index contributed by atoms with van der Waals surface area (Å²) < 4.78 is 4.93. The molecular weight excluding hydrogens is 210 g/mol. The van der Waals surface area contributed by atoms with Crippen LogP contribution in [0.5, 0.6) is 0 Å². The van der Waals surface area contributed by atoms with Crippen LogP contribution in [-0.4, -0.2) is 12.3 Å². The van der Waals surface area contributed by atoms with Crippen molar-refractivity contribution in [3.63, 3.8) is 0 Å². The summed E-state index contributed by atoms with van der Waals surface area (Å²) in [5, 5.41) is 2.51. The van der Waals surface area contributed by atoms with Gasteiger partial charge in [0.2, 0.25) is 6.41 Å². The topological polar surface area (TPSA) is 76.4 Å². The molecule has 16 heavy (non-hydrogen) atoms. The molecule has 0 fully saturated rings. The summed E-state index contributed by atoms with van der Waals surface area (Å²) in [6.45, 7) is 0. The maximum absolute atomic E-state index is 11.4. The Balaban J connectivity index is 2.63. The van der Waals surface area contributed by atoms with Gasteiger partial charge in [0.05, 0.1) is 0 Å². The summed E-state index contributed by atoms with van der Waals surface area (Å²) in [4.78, 5) is 32.8. The van der Waals surface area contributed by atoms with Crippen molar-refractivity contribution >= 4 is 23.3 Å². The van der Waals surface area contributed by atoms with E-state index < -0.39 is 11.5 Å². The Morgan fingerprint density at radius 1 is 1.31 bits per heavy atom. The van der Waals surface area contributed by atoms with Gasteiger partial charge in [0, 0.05) is 5.39 Å². The number of imide groups is 1. The molecule has 0 radical (unpaired) electrons. The Morgan fingerprint density at radius 2 is 2.06 bits per heavy atom. The van der Waals surface area contributed by atoms with Crippen molar-refractivity contribution in [2.24, 2.45) is 0 Å². The van der Waals surface area contributed by atoms with E-state index in [-0.39, 0.29) is 12.0 Å². The van der Waals surface area contributed by atoms with Crippen LogP contribution in [0, 0.1) is 0 Å². The quantitative estimate of drug-likeness (QED) is 0.592. The zero-order valence-corrected chi connectivity index (χ0v) is 8.10. The van der Waals surface area contributed by atoms with Crippen LogP contribution in [0.3, 0.4) is 0 Å². The van der Waals surface area contributed by atoms with Crippen molar-refractivity contribution in [3.8, 4) is 0 Å². The van der Waals surface area contributed by atoms with Gasteiger partial charge in [-0.2, -0.15) is 0 Å². The Bertz CT molecular complexity index is 615. The van der Waals surface area contributed by atoms with E-state index in [2.05, 4.69) is 0 Å². The highest BCUT2D eigenvalue weighted by Crippen LogP contribution is 2.12. The molecule has 1 aromatic heterocycles. The molecule has 1 heterocycles. The lowest BCUT2D eigenvalue weighted by molar-refractivity contribution is -0.108. The van der Waals surface area contributed by atoms with Crippen LogP contribution in [0.1, 0.15) is 10.4 Å². The zero-order chi connectivity index (χ0) is 11.5. The predicted octanol–water partition coefficient (Wildman–Crippen LogP) is 0.679. The van der Waals surface area contributed by atoms with Crippen LogP contribution in [0.4, 0.5) is 0 Å². The third-order valence-corrected chi connectivity index (χ3v) is 2.08. The molecular formula is C11H7NO4. The Hall–Kier alpha value is -2.43. The summed E-state index contributed by atoms with van der Waals surface area (Å²) in [6.07, 6.45) is 0.219. The molecule has 0 aliphatic rings. The number of nitrogens with one attached hydrogen (secondary N) is 1. The van der Waals surface area contributed by atoms with Crippen LogP contribution >= 0.6 is 0 Å². The van der Waals surface area contributed by atoms with Crippen molar-refractivity contribution < 1.29 is 14.0 Å². The molecule has 0 saturated carbocycles. The molecule has 80 valence electrons. The Kier molecular flexibility index (Phi) is 2.51. The van der Waals surface area contributed by atoms with Gasteiger partial charge in [0.25, 0.3) is 5.91 Å². The van der Waals surface area contributed by atoms with Gasteiger partial charge >= 0.3 is 5.63 Å². The largest absolute Gasteiger partial charge is 0.422 e. The van der Waals surface area contributed by atoms with Crippen LogP contribution < -0.4 is 10.9 Å². The second kappa shape index (κ2) is 3.98. The number of rotatable bonds is 2. The smallest absolute Gasteiger partial charge is 0.349 e. The van der Waals surface area contributed by atoms with Crippen molar-refractivity contribution in [3.05, 3.63) is 46.3 Å². The van der Waals surface area contributed by atoms with Crippen molar-refractivity contribution in [1.29, 1.82) is 0 Å². The Morgan fingerprint density at radius 3 is 2.81 bits per heavy atom. The lowest BCUT2D eigenvalue weighted by atomic mass is 10.2. The van der Waals surface area contributed by atoms with Gasteiger partial charge in [-0.15, -0.1) is 0 Å². The van der Waals surface area contributed by atoms with Crippen LogP contribution in [0.25, 0.3) is 11.0 Å². The van der Waals surface area contributed by atoms with E-state index in [9.17, 15) is 14.4 Å². The molecule has 1 aromatic carbocycles. The summed E-state index contributed by atoms with van der Waals surface area (Å²) in [5.41, 5.74) is -0.556. The summed E-state index contributed by atoms with van der Waals surface area (Å²) in [6, 6.07) is 8.19. The lowest BCUT2D eigenvalue weighted by Gasteiger charge is -1.99. The summed E-state index contributed by atoms with van der Waals surface area (Å²) in [5.74, 6) is -0.769. The fourth-order valence-electron chi connectivity index (χ4n) is 1.35. The minimum atomic E-state index is -0.769. The van der Waals surface area contributed by atoms with E-state index in [4.69, 9.17) is 4.42 Å². The van der Waals surface area contributed by atoms with Gasteiger partial charge in [-0.3, -0.25) is 14.9 Å². The van der Waals surface area contributed by atoms with Gasteiger partial charge < -0.3 is 4.42 Å². The average molecular weight is 217 g/mol. The van der Waals surface area contributed by atoms with Crippen LogP contribution in [-0.2, 0) is 4.79 Å². The first-order valence-electron chi connectivity index (χ1n) is 4.50. The highest BCUT2D eigenvalue weighted by Gasteiger charge is 2.12. The first kappa shape index (κ1) is 10.1. The zero-order valence-electron chi connectivity index (χ0n) is 8.10. The Labute approximate surface area is 89.7 Å². The third kappa shape index (κ3) is 1.70. The monoisotopic (exact) mass is 217 g/mol. The molecule has 0 bridgehead atoms. The molecule has 0 saturated heterocycles. The first-order valence-corrected chi connectivity index (χ1v) is 4.50. The number of amides is 2. The molecule has 0 unspecified atom stereocenters. The molecule has 2 aromatic rings. The molecule has 1 N–H and O–H groups in total. The number of fused-ring (bicyclic) bond motifs is 1. The van der Waals surface area contributed by atoms with Crippen molar-refractivity contribution in [2.75, 3.05) is 0 Å². The SMILES string of the molecule is O=CNC(=O)c1cc2ccccc2oc1=O. The molecule has 5 heteroatoms. The van der Waals surface area contributed by atoms with E-state index in [1.807, 2.05) is 5.32 Å². The fourth-order valence-corrected chi connectivity index (χ4v) is 1.35. The second-order valence-electron chi connectivity index (χ2n) is 3.08. The summed E-state index contributed by atoms with van der Waals surface area (Å²) >= 11 is 0.